The summed E-state index contributed by atoms with van der Waals surface area (Å²) in [7, 11) is 0. The molecule has 4 N–H and O–H groups in total. The van der Waals surface area contributed by atoms with Gasteiger partial charge in [-0.1, -0.05) is 12.1 Å². The van der Waals surface area contributed by atoms with Gasteiger partial charge >= 0.3 is 12.1 Å². The van der Waals surface area contributed by atoms with Gasteiger partial charge in [0.1, 0.15) is 10.7 Å². The third-order valence-electron chi connectivity index (χ3n) is 2.60. The number of nitrogens with one attached hydrogen (secondary N) is 1. The van der Waals surface area contributed by atoms with Crippen LogP contribution in [0.3, 0.4) is 0 Å². The number of para-hydroxylation sites is 2. The van der Waals surface area contributed by atoms with Gasteiger partial charge in [-0.05, 0) is 12.1 Å². The van der Waals surface area contributed by atoms with E-state index in [1.54, 1.807) is 11.3 Å². The second-order valence-electron chi connectivity index (χ2n) is 4.24. The summed E-state index contributed by atoms with van der Waals surface area (Å²) >= 11 is 1.56. The number of nitrogens with two attached hydrogens (primary N) is 1. The minimum atomic E-state index is -5.08. The van der Waals surface area contributed by atoms with Gasteiger partial charge in [-0.2, -0.15) is 13.2 Å². The van der Waals surface area contributed by atoms with Crippen molar-refractivity contribution in [1.29, 1.82) is 0 Å². The van der Waals surface area contributed by atoms with E-state index < -0.39 is 12.1 Å². The quantitative estimate of drug-likeness (QED) is 0.663. The molecule has 0 spiro atoms. The van der Waals surface area contributed by atoms with Crippen LogP contribution in [0.25, 0.3) is 22.6 Å². The minimum Gasteiger partial charge on any atom is -0.475 e. The van der Waals surface area contributed by atoms with E-state index >= 15 is 0 Å². The number of halogens is 3. The molecule has 0 aliphatic carbocycles. The zero-order valence-electron chi connectivity index (χ0n) is 11.5. The molecule has 0 radical (unpaired) electrons. The molecule has 0 aliphatic heterocycles. The van der Waals surface area contributed by atoms with E-state index in [-0.39, 0.29) is 0 Å². The fourth-order valence-electron chi connectivity index (χ4n) is 1.59. The Balaban J connectivity index is 0.000000236. The summed E-state index contributed by atoms with van der Waals surface area (Å²) in [5.74, 6) is -1.95. The molecule has 0 saturated heterocycles. The van der Waals surface area contributed by atoms with Crippen LogP contribution < -0.4 is 5.73 Å². The standard InChI is InChI=1S/C11H10N4S.C2HF3O2/c12-5-10-13-9(6-16-10)11-14-7-3-1-2-4-8(7)15-11;3-2(4,5)1(6)7/h1-4,6H,5,12H2,(H,14,15);(H,6,7). The first-order valence-corrected chi connectivity index (χ1v) is 7.09. The number of thiazole rings is 1. The van der Waals surface area contributed by atoms with Crippen LogP contribution in [0.15, 0.2) is 29.6 Å². The molecule has 0 bridgehead atoms. The molecule has 10 heteroatoms. The zero-order valence-corrected chi connectivity index (χ0v) is 12.3. The lowest BCUT2D eigenvalue weighted by Gasteiger charge is -1.93. The van der Waals surface area contributed by atoms with Crippen molar-refractivity contribution >= 4 is 28.3 Å². The largest absolute Gasteiger partial charge is 0.490 e. The average Bonchev–Trinajstić information content (AvgIpc) is 3.13. The van der Waals surface area contributed by atoms with E-state index in [0.717, 1.165) is 27.6 Å². The lowest BCUT2D eigenvalue weighted by molar-refractivity contribution is -0.192. The summed E-state index contributed by atoms with van der Waals surface area (Å²) in [4.78, 5) is 21.0. The highest BCUT2D eigenvalue weighted by atomic mass is 32.1. The molecule has 122 valence electrons. The molecule has 0 aliphatic rings. The fourth-order valence-corrected chi connectivity index (χ4v) is 2.25. The Morgan fingerprint density at radius 1 is 1.30 bits per heavy atom. The van der Waals surface area contributed by atoms with Crippen LogP contribution in [0.1, 0.15) is 5.01 Å². The minimum absolute atomic E-state index is 0.477. The van der Waals surface area contributed by atoms with Gasteiger partial charge in [0.15, 0.2) is 5.82 Å². The van der Waals surface area contributed by atoms with E-state index in [1.807, 2.05) is 29.6 Å². The van der Waals surface area contributed by atoms with E-state index in [0.29, 0.717) is 6.54 Å². The smallest absolute Gasteiger partial charge is 0.475 e. The van der Waals surface area contributed by atoms with Crippen LogP contribution >= 0.6 is 11.3 Å². The number of benzene rings is 1. The third kappa shape index (κ3) is 4.27. The average molecular weight is 344 g/mol. The summed E-state index contributed by atoms with van der Waals surface area (Å²) in [6.07, 6.45) is -5.08. The summed E-state index contributed by atoms with van der Waals surface area (Å²) in [5, 5.41) is 10.0. The van der Waals surface area contributed by atoms with Crippen LogP contribution in [-0.4, -0.2) is 32.2 Å². The predicted molar refractivity (Wildman–Crippen MR) is 78.8 cm³/mol. The first-order valence-electron chi connectivity index (χ1n) is 6.21. The van der Waals surface area contributed by atoms with Crippen LogP contribution in [0, 0.1) is 0 Å². The molecule has 1 aromatic carbocycles. The fraction of sp³-hybridized carbons (Fsp3) is 0.154. The highest BCUT2D eigenvalue weighted by Gasteiger charge is 2.38. The third-order valence-corrected chi connectivity index (χ3v) is 3.47. The number of aliphatic carboxylic acids is 1. The highest BCUT2D eigenvalue weighted by Crippen LogP contribution is 2.21. The Bertz CT molecular complexity index is 780. The first kappa shape index (κ1) is 16.9. The number of fused-ring (bicyclic) bond motifs is 1. The first-order chi connectivity index (χ1) is 10.8. The number of aromatic nitrogens is 3. The Hall–Kier alpha value is -2.46. The number of nitrogens with zero attached hydrogens (tertiary/aromatic N) is 2. The molecule has 0 unspecified atom stereocenters. The number of carbonyl (C=O) groups is 1. The maximum absolute atomic E-state index is 10.6. The Morgan fingerprint density at radius 3 is 2.48 bits per heavy atom. The molecule has 2 aromatic heterocycles. The summed E-state index contributed by atoms with van der Waals surface area (Å²) in [5.41, 5.74) is 8.38. The molecule has 0 fully saturated rings. The number of carboxylic acids is 1. The Kier molecular flexibility index (Phi) is 4.96. The van der Waals surface area contributed by atoms with Crippen molar-refractivity contribution in [3.63, 3.8) is 0 Å². The maximum Gasteiger partial charge on any atom is 0.490 e. The number of imidazole rings is 1. The summed E-state index contributed by atoms with van der Waals surface area (Å²) in [6.45, 7) is 0.477. The number of H-pyrrole nitrogens is 1. The number of rotatable bonds is 2. The monoisotopic (exact) mass is 344 g/mol. The van der Waals surface area contributed by atoms with E-state index in [2.05, 4.69) is 15.0 Å². The van der Waals surface area contributed by atoms with Crippen molar-refractivity contribution < 1.29 is 23.1 Å². The molecule has 3 rings (SSSR count). The molecule has 0 amide bonds. The maximum atomic E-state index is 10.6. The topological polar surface area (TPSA) is 105 Å². The normalized spacial score (nSPS) is 11.1. The van der Waals surface area contributed by atoms with Crippen molar-refractivity contribution in [2.45, 2.75) is 12.7 Å². The molecule has 2 heterocycles. The number of alkyl halides is 3. The predicted octanol–water partition coefficient (Wildman–Crippen LogP) is 2.78. The van der Waals surface area contributed by atoms with Gasteiger partial charge in [0.05, 0.1) is 11.0 Å². The van der Waals surface area contributed by atoms with Crippen molar-refractivity contribution in [2.24, 2.45) is 5.73 Å². The number of hydrogen-bond acceptors (Lipinski definition) is 5. The van der Waals surface area contributed by atoms with E-state index in [9.17, 15) is 13.2 Å². The molecule has 6 nitrogen and oxygen atoms in total. The van der Waals surface area contributed by atoms with Gasteiger partial charge in [-0.3, -0.25) is 0 Å². The van der Waals surface area contributed by atoms with Crippen LogP contribution in [0.2, 0.25) is 0 Å². The SMILES string of the molecule is NCc1nc(-c2nc3ccccc3[nH]2)cs1.O=C(O)C(F)(F)F. The molecule has 23 heavy (non-hydrogen) atoms. The van der Waals surface area contributed by atoms with Crippen LogP contribution in [-0.2, 0) is 11.3 Å². The summed E-state index contributed by atoms with van der Waals surface area (Å²) in [6, 6.07) is 7.93. The number of hydrogen-bond donors (Lipinski definition) is 3. The van der Waals surface area contributed by atoms with Crippen molar-refractivity contribution in [2.75, 3.05) is 0 Å². The lowest BCUT2D eigenvalue weighted by Crippen LogP contribution is -2.21. The van der Waals surface area contributed by atoms with Gasteiger partial charge in [0.2, 0.25) is 0 Å². The van der Waals surface area contributed by atoms with Crippen molar-refractivity contribution in [1.82, 2.24) is 15.0 Å². The Labute approximate surface area is 131 Å². The number of carboxylic acid groups (broad SMARTS) is 1. The zero-order chi connectivity index (χ0) is 17.0. The molecule has 3 aromatic rings. The molecule has 0 saturated carbocycles. The van der Waals surface area contributed by atoms with Gasteiger partial charge in [-0.25, -0.2) is 14.8 Å². The molecular formula is C13H11F3N4O2S. The van der Waals surface area contributed by atoms with Crippen LogP contribution in [0.4, 0.5) is 13.2 Å². The van der Waals surface area contributed by atoms with Gasteiger partial charge in [-0.15, -0.1) is 11.3 Å². The highest BCUT2D eigenvalue weighted by molar-refractivity contribution is 7.09. The lowest BCUT2D eigenvalue weighted by atomic mass is 10.3. The second-order valence-corrected chi connectivity index (χ2v) is 5.18. The van der Waals surface area contributed by atoms with Crippen molar-refractivity contribution in [3.05, 3.63) is 34.7 Å². The van der Waals surface area contributed by atoms with E-state index in [4.69, 9.17) is 15.6 Å². The summed E-state index contributed by atoms with van der Waals surface area (Å²) < 4.78 is 31.7. The van der Waals surface area contributed by atoms with E-state index in [1.165, 1.54) is 0 Å². The Morgan fingerprint density at radius 2 is 1.96 bits per heavy atom. The molecule has 0 atom stereocenters. The van der Waals surface area contributed by atoms with Crippen molar-refractivity contribution in [3.8, 4) is 11.5 Å². The van der Waals surface area contributed by atoms with Gasteiger partial charge in [0, 0.05) is 11.9 Å². The van der Waals surface area contributed by atoms with Gasteiger partial charge < -0.3 is 15.8 Å². The second kappa shape index (κ2) is 6.75. The molecular weight excluding hydrogens is 333 g/mol. The van der Waals surface area contributed by atoms with Crippen LogP contribution in [0.5, 0.6) is 0 Å². The number of aromatic amines is 1. The van der Waals surface area contributed by atoms with Gasteiger partial charge in [0.25, 0.3) is 0 Å².